The Morgan fingerprint density at radius 2 is 1.85 bits per heavy atom. The third kappa shape index (κ3) is 3.10. The Hall–Kier alpha value is -0.980. The Morgan fingerprint density at radius 3 is 2.23 bits per heavy atom. The van der Waals surface area contributed by atoms with E-state index >= 15 is 0 Å². The fraction of sp³-hybridized carbons (Fsp3) is 0.500. The lowest BCUT2D eigenvalue weighted by atomic mass is 9.96. The van der Waals surface area contributed by atoms with E-state index in [-0.39, 0.29) is 5.41 Å². The molecule has 0 spiro atoms. The van der Waals surface area contributed by atoms with Gasteiger partial charge in [-0.3, -0.25) is 0 Å². The highest BCUT2D eigenvalue weighted by Crippen LogP contribution is 2.19. The summed E-state index contributed by atoms with van der Waals surface area (Å²) < 4.78 is 5.52. The Kier molecular flexibility index (Phi) is 2.65. The molecular weight excluding hydrogens is 160 g/mol. The van der Waals surface area contributed by atoms with E-state index in [0.29, 0.717) is 0 Å². The van der Waals surface area contributed by atoms with Crippen molar-refractivity contribution in [2.24, 2.45) is 5.41 Å². The van der Waals surface area contributed by atoms with Gasteiger partial charge in [0.1, 0.15) is 11.5 Å². The zero-order chi connectivity index (χ0) is 10.1. The van der Waals surface area contributed by atoms with Gasteiger partial charge in [-0.2, -0.15) is 0 Å². The first kappa shape index (κ1) is 10.1. The summed E-state index contributed by atoms with van der Waals surface area (Å²) in [5.41, 5.74) is 1.43. The molecule has 0 N–H and O–H groups in total. The zero-order valence-corrected chi connectivity index (χ0v) is 9.14. The summed E-state index contributed by atoms with van der Waals surface area (Å²) in [6.45, 7) is 10.6. The Labute approximate surface area is 80.5 Å². The molecule has 1 aromatic rings. The molecule has 1 heteroatoms. The van der Waals surface area contributed by atoms with Gasteiger partial charge in [0.15, 0.2) is 0 Å². The van der Waals surface area contributed by atoms with E-state index in [4.69, 9.17) is 4.42 Å². The molecule has 0 aliphatic carbocycles. The molecule has 0 saturated heterocycles. The lowest BCUT2D eigenvalue weighted by Gasteiger charge is -2.10. The summed E-state index contributed by atoms with van der Waals surface area (Å²) in [6.07, 6.45) is 4.20. The molecule has 1 heterocycles. The minimum Gasteiger partial charge on any atom is -0.462 e. The SMILES string of the molecule is Cc1cc(/C=C/C(C)(C)C)oc1C. The van der Waals surface area contributed by atoms with Crippen molar-refractivity contribution in [3.8, 4) is 0 Å². The molecule has 0 amide bonds. The fourth-order valence-corrected chi connectivity index (χ4v) is 1.02. The van der Waals surface area contributed by atoms with E-state index in [1.807, 2.05) is 13.0 Å². The van der Waals surface area contributed by atoms with Crippen molar-refractivity contribution in [2.75, 3.05) is 0 Å². The van der Waals surface area contributed by atoms with Crippen LogP contribution in [0.1, 0.15) is 37.9 Å². The number of hydrogen-bond donors (Lipinski definition) is 0. The van der Waals surface area contributed by atoms with Crippen LogP contribution in [0, 0.1) is 19.3 Å². The van der Waals surface area contributed by atoms with Gasteiger partial charge < -0.3 is 4.42 Å². The first-order chi connectivity index (χ1) is 5.88. The van der Waals surface area contributed by atoms with Crippen molar-refractivity contribution in [1.29, 1.82) is 0 Å². The van der Waals surface area contributed by atoms with Crippen LogP contribution in [0.3, 0.4) is 0 Å². The predicted octanol–water partition coefficient (Wildman–Crippen LogP) is 3.96. The summed E-state index contributed by atoms with van der Waals surface area (Å²) in [6, 6.07) is 2.07. The summed E-state index contributed by atoms with van der Waals surface area (Å²) >= 11 is 0. The molecule has 0 saturated carbocycles. The summed E-state index contributed by atoms with van der Waals surface area (Å²) in [5.74, 6) is 1.96. The largest absolute Gasteiger partial charge is 0.462 e. The first-order valence-corrected chi connectivity index (χ1v) is 4.65. The van der Waals surface area contributed by atoms with Gasteiger partial charge in [0.2, 0.25) is 0 Å². The maximum Gasteiger partial charge on any atom is 0.127 e. The van der Waals surface area contributed by atoms with Crippen molar-refractivity contribution in [3.63, 3.8) is 0 Å². The standard InChI is InChI=1S/C12H18O/c1-9-8-11(13-10(9)2)6-7-12(3,4)5/h6-8H,1-5H3/b7-6+. The van der Waals surface area contributed by atoms with Crippen molar-refractivity contribution in [1.82, 2.24) is 0 Å². The molecule has 0 aliphatic rings. The van der Waals surface area contributed by atoms with Crippen LogP contribution in [0.5, 0.6) is 0 Å². The fourth-order valence-electron chi connectivity index (χ4n) is 1.02. The van der Waals surface area contributed by atoms with Gasteiger partial charge in [-0.1, -0.05) is 26.8 Å². The van der Waals surface area contributed by atoms with Gasteiger partial charge in [-0.25, -0.2) is 0 Å². The monoisotopic (exact) mass is 178 g/mol. The number of allylic oxidation sites excluding steroid dienone is 1. The molecular formula is C12H18O. The molecule has 1 nitrogen and oxygen atoms in total. The van der Waals surface area contributed by atoms with E-state index < -0.39 is 0 Å². The highest BCUT2D eigenvalue weighted by molar-refractivity contribution is 5.45. The van der Waals surface area contributed by atoms with Crippen LogP contribution >= 0.6 is 0 Å². The molecule has 13 heavy (non-hydrogen) atoms. The van der Waals surface area contributed by atoms with Crippen LogP contribution in [-0.2, 0) is 0 Å². The summed E-state index contributed by atoms with van der Waals surface area (Å²) in [5, 5.41) is 0. The molecule has 0 atom stereocenters. The van der Waals surface area contributed by atoms with Gasteiger partial charge in [-0.05, 0) is 37.0 Å². The second-order valence-electron chi connectivity index (χ2n) is 4.59. The molecule has 72 valence electrons. The van der Waals surface area contributed by atoms with Crippen LogP contribution in [-0.4, -0.2) is 0 Å². The minimum absolute atomic E-state index is 0.217. The maximum absolute atomic E-state index is 5.52. The van der Waals surface area contributed by atoms with E-state index in [0.717, 1.165) is 11.5 Å². The van der Waals surface area contributed by atoms with Crippen LogP contribution < -0.4 is 0 Å². The molecule has 0 unspecified atom stereocenters. The van der Waals surface area contributed by atoms with Gasteiger partial charge in [0, 0.05) is 0 Å². The second-order valence-corrected chi connectivity index (χ2v) is 4.59. The molecule has 0 aliphatic heterocycles. The van der Waals surface area contributed by atoms with Crippen LogP contribution in [0.4, 0.5) is 0 Å². The van der Waals surface area contributed by atoms with Crippen molar-refractivity contribution in [3.05, 3.63) is 29.2 Å². The molecule has 0 bridgehead atoms. The molecule has 1 rings (SSSR count). The van der Waals surface area contributed by atoms with Gasteiger partial charge in [-0.15, -0.1) is 0 Å². The number of aryl methyl sites for hydroxylation is 2. The average Bonchev–Trinajstić information content (AvgIpc) is 2.27. The number of hydrogen-bond acceptors (Lipinski definition) is 1. The normalized spacial score (nSPS) is 12.7. The van der Waals surface area contributed by atoms with Crippen molar-refractivity contribution >= 4 is 6.08 Å². The summed E-state index contributed by atoms with van der Waals surface area (Å²) in [7, 11) is 0. The predicted molar refractivity (Wildman–Crippen MR) is 56.7 cm³/mol. The zero-order valence-electron chi connectivity index (χ0n) is 9.14. The van der Waals surface area contributed by atoms with E-state index in [1.165, 1.54) is 5.56 Å². The lowest BCUT2D eigenvalue weighted by molar-refractivity contribution is 0.517. The van der Waals surface area contributed by atoms with E-state index in [9.17, 15) is 0 Å². The van der Waals surface area contributed by atoms with E-state index in [2.05, 4.69) is 39.8 Å². The van der Waals surface area contributed by atoms with Gasteiger partial charge in [0.05, 0.1) is 0 Å². The number of rotatable bonds is 1. The first-order valence-electron chi connectivity index (χ1n) is 4.65. The molecule has 0 aromatic carbocycles. The topological polar surface area (TPSA) is 13.1 Å². The third-order valence-electron chi connectivity index (χ3n) is 1.93. The minimum atomic E-state index is 0.217. The smallest absolute Gasteiger partial charge is 0.127 e. The average molecular weight is 178 g/mol. The van der Waals surface area contributed by atoms with Crippen molar-refractivity contribution in [2.45, 2.75) is 34.6 Å². The number of furan rings is 1. The Bertz CT molecular complexity index is 291. The van der Waals surface area contributed by atoms with Gasteiger partial charge in [0.25, 0.3) is 0 Å². The Morgan fingerprint density at radius 1 is 1.23 bits per heavy atom. The highest BCUT2D eigenvalue weighted by atomic mass is 16.3. The maximum atomic E-state index is 5.52. The molecule has 0 radical (unpaired) electrons. The van der Waals surface area contributed by atoms with Crippen LogP contribution in [0.15, 0.2) is 16.6 Å². The van der Waals surface area contributed by atoms with Crippen LogP contribution in [0.25, 0.3) is 6.08 Å². The quantitative estimate of drug-likeness (QED) is 0.634. The lowest BCUT2D eigenvalue weighted by Crippen LogP contribution is -1.97. The molecule has 0 fully saturated rings. The summed E-state index contributed by atoms with van der Waals surface area (Å²) in [4.78, 5) is 0. The highest BCUT2D eigenvalue weighted by Gasteiger charge is 2.05. The molecule has 1 aromatic heterocycles. The third-order valence-corrected chi connectivity index (χ3v) is 1.93. The Balaban J connectivity index is 2.81. The van der Waals surface area contributed by atoms with E-state index in [1.54, 1.807) is 0 Å². The van der Waals surface area contributed by atoms with Gasteiger partial charge >= 0.3 is 0 Å². The van der Waals surface area contributed by atoms with Crippen molar-refractivity contribution < 1.29 is 4.42 Å². The van der Waals surface area contributed by atoms with Crippen LogP contribution in [0.2, 0.25) is 0 Å². The second kappa shape index (κ2) is 3.41.